The Morgan fingerprint density at radius 3 is 2.30 bits per heavy atom. The van der Waals surface area contributed by atoms with Gasteiger partial charge in [-0.1, -0.05) is 60.7 Å². The van der Waals surface area contributed by atoms with E-state index in [1.54, 1.807) is 0 Å². The van der Waals surface area contributed by atoms with Gasteiger partial charge in [-0.15, -0.1) is 0 Å². The van der Waals surface area contributed by atoms with Crippen LogP contribution in [0.4, 0.5) is 11.8 Å². The zero-order valence-corrected chi connectivity index (χ0v) is 15.6. The molecule has 0 bridgehead atoms. The van der Waals surface area contributed by atoms with Crippen LogP contribution in [0.15, 0.2) is 66.7 Å². The van der Waals surface area contributed by atoms with Crippen LogP contribution < -0.4 is 10.2 Å². The van der Waals surface area contributed by atoms with E-state index < -0.39 is 0 Å². The Kier molecular flexibility index (Phi) is 5.63. The predicted octanol–water partition coefficient (Wildman–Crippen LogP) is 4.79. The Hall–Kier alpha value is -2.88. The third-order valence-electron chi connectivity index (χ3n) is 4.98. The summed E-state index contributed by atoms with van der Waals surface area (Å²) in [7, 11) is 0. The van der Waals surface area contributed by atoms with Crippen molar-refractivity contribution in [3.8, 4) is 11.3 Å². The zero-order valence-electron chi connectivity index (χ0n) is 15.6. The number of rotatable bonds is 7. The Morgan fingerprint density at radius 1 is 0.852 bits per heavy atom. The van der Waals surface area contributed by atoms with Crippen LogP contribution >= 0.6 is 0 Å². The first-order valence-corrected chi connectivity index (χ1v) is 9.86. The number of anilines is 2. The van der Waals surface area contributed by atoms with Gasteiger partial charge in [-0.25, -0.2) is 4.98 Å². The molecule has 1 aromatic heterocycles. The van der Waals surface area contributed by atoms with Gasteiger partial charge >= 0.3 is 0 Å². The fraction of sp³-hybridized carbons (Fsp3) is 0.304. The maximum absolute atomic E-state index is 4.79. The van der Waals surface area contributed by atoms with E-state index in [9.17, 15) is 0 Å². The van der Waals surface area contributed by atoms with Crippen LogP contribution in [0.3, 0.4) is 0 Å². The Bertz CT molecular complexity index is 843. The first-order valence-electron chi connectivity index (χ1n) is 9.86. The molecule has 1 fully saturated rings. The predicted molar refractivity (Wildman–Crippen MR) is 112 cm³/mol. The lowest BCUT2D eigenvalue weighted by atomic mass is 10.1. The number of hydrogen-bond acceptors (Lipinski definition) is 4. The van der Waals surface area contributed by atoms with E-state index in [2.05, 4.69) is 70.9 Å². The highest BCUT2D eigenvalue weighted by Crippen LogP contribution is 2.25. The summed E-state index contributed by atoms with van der Waals surface area (Å²) in [5.74, 6) is 1.76. The average molecular weight is 358 g/mol. The van der Waals surface area contributed by atoms with Crippen molar-refractivity contribution < 1.29 is 0 Å². The fourth-order valence-corrected chi connectivity index (χ4v) is 3.52. The van der Waals surface area contributed by atoms with Crippen LogP contribution in [0.5, 0.6) is 0 Å². The lowest BCUT2D eigenvalue weighted by Gasteiger charge is -2.18. The summed E-state index contributed by atoms with van der Waals surface area (Å²) in [6.45, 7) is 3.03. The SMILES string of the molecule is c1ccc(CCCNc2nc(-c3ccccc3)cc(N3CCCC3)n2)cc1. The number of aromatic nitrogens is 2. The molecule has 138 valence electrons. The molecule has 27 heavy (non-hydrogen) atoms. The molecule has 1 aliphatic rings. The Morgan fingerprint density at radius 2 is 1.56 bits per heavy atom. The molecule has 0 aliphatic carbocycles. The van der Waals surface area contributed by atoms with Gasteiger partial charge in [-0.3, -0.25) is 0 Å². The minimum absolute atomic E-state index is 0.728. The highest BCUT2D eigenvalue weighted by atomic mass is 15.2. The molecule has 0 radical (unpaired) electrons. The maximum atomic E-state index is 4.79. The van der Waals surface area contributed by atoms with E-state index in [1.807, 2.05) is 6.07 Å². The van der Waals surface area contributed by atoms with Gasteiger partial charge in [0.15, 0.2) is 0 Å². The molecule has 3 aromatic rings. The lowest BCUT2D eigenvalue weighted by Crippen LogP contribution is -2.20. The van der Waals surface area contributed by atoms with Crippen molar-refractivity contribution in [1.82, 2.24) is 9.97 Å². The third-order valence-corrected chi connectivity index (χ3v) is 4.98. The summed E-state index contributed by atoms with van der Waals surface area (Å²) in [6.07, 6.45) is 4.60. The summed E-state index contributed by atoms with van der Waals surface area (Å²) >= 11 is 0. The van der Waals surface area contributed by atoms with Gasteiger partial charge in [-0.05, 0) is 31.2 Å². The van der Waals surface area contributed by atoms with Crippen molar-refractivity contribution in [3.63, 3.8) is 0 Å². The van der Waals surface area contributed by atoms with Gasteiger partial charge < -0.3 is 10.2 Å². The number of nitrogens with zero attached hydrogens (tertiary/aromatic N) is 3. The van der Waals surface area contributed by atoms with Crippen LogP contribution in [-0.2, 0) is 6.42 Å². The van der Waals surface area contributed by atoms with Gasteiger partial charge in [0.2, 0.25) is 5.95 Å². The van der Waals surface area contributed by atoms with Crippen LogP contribution in [0.25, 0.3) is 11.3 Å². The van der Waals surface area contributed by atoms with E-state index >= 15 is 0 Å². The van der Waals surface area contributed by atoms with E-state index in [-0.39, 0.29) is 0 Å². The second-order valence-electron chi connectivity index (χ2n) is 7.01. The summed E-state index contributed by atoms with van der Waals surface area (Å²) in [4.78, 5) is 11.9. The largest absolute Gasteiger partial charge is 0.356 e. The third kappa shape index (κ3) is 4.64. The molecular formula is C23H26N4. The molecule has 4 rings (SSSR count). The number of benzene rings is 2. The molecule has 0 atom stereocenters. The van der Waals surface area contributed by atoms with E-state index in [0.717, 1.165) is 55.5 Å². The lowest BCUT2D eigenvalue weighted by molar-refractivity contribution is 0.849. The first kappa shape index (κ1) is 17.5. The quantitative estimate of drug-likeness (QED) is 0.617. The molecule has 2 aromatic carbocycles. The summed E-state index contributed by atoms with van der Waals surface area (Å²) in [5, 5.41) is 3.44. The van der Waals surface area contributed by atoms with Crippen LogP contribution in [0, 0.1) is 0 Å². The first-order chi connectivity index (χ1) is 13.4. The van der Waals surface area contributed by atoms with Crippen LogP contribution in [-0.4, -0.2) is 29.6 Å². The Balaban J connectivity index is 1.48. The van der Waals surface area contributed by atoms with Crippen molar-refractivity contribution >= 4 is 11.8 Å². The highest BCUT2D eigenvalue weighted by Gasteiger charge is 2.16. The van der Waals surface area contributed by atoms with E-state index in [0.29, 0.717) is 0 Å². The molecule has 1 aliphatic heterocycles. The standard InChI is InChI=1S/C23H26N4/c1-3-10-19(11-4-1)12-9-15-24-23-25-21(20-13-5-2-6-14-20)18-22(26-23)27-16-7-8-17-27/h1-6,10-11,13-14,18H,7-9,12,15-17H2,(H,24,25,26). The van der Waals surface area contributed by atoms with Gasteiger partial charge in [0, 0.05) is 31.3 Å². The normalized spacial score (nSPS) is 13.7. The van der Waals surface area contributed by atoms with Gasteiger partial charge in [0.05, 0.1) is 5.69 Å². The minimum Gasteiger partial charge on any atom is -0.356 e. The summed E-state index contributed by atoms with van der Waals surface area (Å²) < 4.78 is 0. The molecule has 2 heterocycles. The molecule has 1 saturated heterocycles. The molecule has 0 amide bonds. The number of aryl methyl sites for hydroxylation is 1. The average Bonchev–Trinajstić information content (AvgIpc) is 3.28. The molecular weight excluding hydrogens is 332 g/mol. The van der Waals surface area contributed by atoms with Crippen molar-refractivity contribution in [3.05, 3.63) is 72.3 Å². The summed E-state index contributed by atoms with van der Waals surface area (Å²) in [5.41, 5.74) is 3.49. The summed E-state index contributed by atoms with van der Waals surface area (Å²) in [6, 6.07) is 23.1. The van der Waals surface area contributed by atoms with Crippen molar-refractivity contribution in [2.75, 3.05) is 29.9 Å². The number of nitrogens with one attached hydrogen (secondary N) is 1. The van der Waals surface area contributed by atoms with E-state index in [1.165, 1.54) is 18.4 Å². The van der Waals surface area contributed by atoms with Crippen molar-refractivity contribution in [2.24, 2.45) is 0 Å². The number of hydrogen-bond donors (Lipinski definition) is 1. The second kappa shape index (κ2) is 8.67. The molecule has 4 nitrogen and oxygen atoms in total. The molecule has 0 saturated carbocycles. The van der Waals surface area contributed by atoms with Crippen molar-refractivity contribution in [1.29, 1.82) is 0 Å². The minimum atomic E-state index is 0.728. The monoisotopic (exact) mass is 358 g/mol. The second-order valence-corrected chi connectivity index (χ2v) is 7.01. The van der Waals surface area contributed by atoms with Crippen molar-refractivity contribution in [2.45, 2.75) is 25.7 Å². The van der Waals surface area contributed by atoms with Gasteiger partial charge in [0.1, 0.15) is 5.82 Å². The molecule has 4 heteroatoms. The molecule has 0 spiro atoms. The zero-order chi connectivity index (χ0) is 18.3. The highest BCUT2D eigenvalue weighted by molar-refractivity contribution is 5.65. The molecule has 0 unspecified atom stereocenters. The van der Waals surface area contributed by atoms with Crippen LogP contribution in [0.2, 0.25) is 0 Å². The fourth-order valence-electron chi connectivity index (χ4n) is 3.52. The maximum Gasteiger partial charge on any atom is 0.225 e. The molecule has 1 N–H and O–H groups in total. The Labute approximate surface area is 161 Å². The smallest absolute Gasteiger partial charge is 0.225 e. The van der Waals surface area contributed by atoms with Gasteiger partial charge in [-0.2, -0.15) is 4.98 Å². The topological polar surface area (TPSA) is 41.1 Å². The van der Waals surface area contributed by atoms with E-state index in [4.69, 9.17) is 9.97 Å². The van der Waals surface area contributed by atoms with Gasteiger partial charge in [0.25, 0.3) is 0 Å². The van der Waals surface area contributed by atoms with Crippen LogP contribution in [0.1, 0.15) is 24.8 Å².